The van der Waals surface area contributed by atoms with Gasteiger partial charge in [-0.25, -0.2) is 0 Å². The highest BCUT2D eigenvalue weighted by Gasteiger charge is 2.07. The maximum atomic E-state index is 9.73. The predicted octanol–water partition coefficient (Wildman–Crippen LogP) is 1.33. The molecular formula is C13H19Cl2NO4. The molecule has 1 atom stereocenters. The van der Waals surface area contributed by atoms with Crippen molar-refractivity contribution in [1.82, 2.24) is 5.32 Å². The Labute approximate surface area is 128 Å². The summed E-state index contributed by atoms with van der Waals surface area (Å²) in [7, 11) is 0. The van der Waals surface area contributed by atoms with Gasteiger partial charge in [-0.1, -0.05) is 23.2 Å². The number of benzene rings is 1. The molecule has 1 aromatic carbocycles. The molecular weight excluding hydrogens is 305 g/mol. The van der Waals surface area contributed by atoms with E-state index in [0.29, 0.717) is 42.1 Å². The van der Waals surface area contributed by atoms with Crippen molar-refractivity contribution < 1.29 is 19.7 Å². The lowest BCUT2D eigenvalue weighted by atomic mass is 10.3. The zero-order chi connectivity index (χ0) is 14.8. The molecule has 5 nitrogen and oxygen atoms in total. The van der Waals surface area contributed by atoms with Crippen LogP contribution in [0.1, 0.15) is 0 Å². The van der Waals surface area contributed by atoms with E-state index in [0.717, 1.165) is 0 Å². The molecule has 20 heavy (non-hydrogen) atoms. The first kappa shape index (κ1) is 17.5. The molecule has 0 radical (unpaired) electrons. The van der Waals surface area contributed by atoms with E-state index < -0.39 is 6.10 Å². The molecule has 0 fully saturated rings. The third kappa shape index (κ3) is 7.28. The first-order valence-corrected chi connectivity index (χ1v) is 7.04. The van der Waals surface area contributed by atoms with Gasteiger partial charge in [0.25, 0.3) is 0 Å². The molecule has 0 aliphatic rings. The second-order valence-corrected chi connectivity index (χ2v) is 4.92. The lowest BCUT2D eigenvalue weighted by Crippen LogP contribution is -2.33. The minimum atomic E-state index is -0.664. The van der Waals surface area contributed by atoms with E-state index in [4.69, 9.17) is 37.8 Å². The quantitative estimate of drug-likeness (QED) is 0.567. The second-order valence-electron chi connectivity index (χ2n) is 4.08. The molecule has 1 aromatic rings. The number of nitrogens with one attached hydrogen (secondary N) is 1. The predicted molar refractivity (Wildman–Crippen MR) is 78.7 cm³/mol. The fraction of sp³-hybridized carbons (Fsp3) is 0.538. The average Bonchev–Trinajstić information content (AvgIpc) is 2.43. The normalized spacial score (nSPS) is 12.4. The smallest absolute Gasteiger partial charge is 0.139 e. The van der Waals surface area contributed by atoms with E-state index in [1.165, 1.54) is 0 Å². The Morgan fingerprint density at radius 1 is 1.25 bits per heavy atom. The van der Waals surface area contributed by atoms with Gasteiger partial charge < -0.3 is 25.0 Å². The Morgan fingerprint density at radius 3 is 2.80 bits per heavy atom. The summed E-state index contributed by atoms with van der Waals surface area (Å²) in [5.41, 5.74) is 0. The Bertz CT molecular complexity index is 393. The largest absolute Gasteiger partial charge is 0.489 e. The van der Waals surface area contributed by atoms with E-state index >= 15 is 0 Å². The highest BCUT2D eigenvalue weighted by Crippen LogP contribution is 2.27. The third-order valence-corrected chi connectivity index (χ3v) is 2.91. The summed E-state index contributed by atoms with van der Waals surface area (Å²) < 4.78 is 10.5. The number of hydrogen-bond donors (Lipinski definition) is 3. The summed E-state index contributed by atoms with van der Waals surface area (Å²) in [4.78, 5) is 0. The van der Waals surface area contributed by atoms with Gasteiger partial charge in [-0.15, -0.1) is 0 Å². The van der Waals surface area contributed by atoms with Gasteiger partial charge in [-0.3, -0.25) is 0 Å². The zero-order valence-electron chi connectivity index (χ0n) is 11.0. The van der Waals surface area contributed by atoms with E-state index in [1.54, 1.807) is 18.2 Å². The Hall–Kier alpha value is -0.560. The lowest BCUT2D eigenvalue weighted by Gasteiger charge is -2.14. The van der Waals surface area contributed by atoms with Gasteiger partial charge in [0.2, 0.25) is 0 Å². The maximum absolute atomic E-state index is 9.73. The number of ether oxygens (including phenoxy) is 2. The van der Waals surface area contributed by atoms with Crippen molar-refractivity contribution in [3.05, 3.63) is 28.2 Å². The zero-order valence-corrected chi connectivity index (χ0v) is 12.5. The van der Waals surface area contributed by atoms with Crippen LogP contribution in [0.25, 0.3) is 0 Å². The molecule has 1 rings (SSSR count). The van der Waals surface area contributed by atoms with Crippen molar-refractivity contribution in [3.8, 4) is 5.75 Å². The molecule has 0 spiro atoms. The van der Waals surface area contributed by atoms with E-state index in [-0.39, 0.29) is 13.2 Å². The van der Waals surface area contributed by atoms with E-state index in [9.17, 15) is 5.11 Å². The number of aliphatic hydroxyl groups excluding tert-OH is 2. The molecule has 7 heteroatoms. The molecule has 0 amide bonds. The summed E-state index contributed by atoms with van der Waals surface area (Å²) >= 11 is 11.8. The Balaban J connectivity index is 2.16. The lowest BCUT2D eigenvalue weighted by molar-refractivity contribution is 0.0842. The van der Waals surface area contributed by atoms with Gasteiger partial charge in [0.15, 0.2) is 0 Å². The Morgan fingerprint density at radius 2 is 2.05 bits per heavy atom. The minimum Gasteiger partial charge on any atom is -0.489 e. The summed E-state index contributed by atoms with van der Waals surface area (Å²) in [6, 6.07) is 4.91. The summed E-state index contributed by atoms with van der Waals surface area (Å²) in [5, 5.41) is 22.2. The monoisotopic (exact) mass is 323 g/mol. The number of hydrogen-bond acceptors (Lipinski definition) is 5. The first-order valence-electron chi connectivity index (χ1n) is 6.28. The van der Waals surface area contributed by atoms with Gasteiger partial charge in [-0.2, -0.15) is 0 Å². The van der Waals surface area contributed by atoms with Crippen LogP contribution in [-0.4, -0.2) is 55.8 Å². The molecule has 0 aliphatic heterocycles. The van der Waals surface area contributed by atoms with Crippen LogP contribution >= 0.6 is 23.2 Å². The van der Waals surface area contributed by atoms with E-state index in [2.05, 4.69) is 5.32 Å². The van der Waals surface area contributed by atoms with Crippen LogP contribution < -0.4 is 10.1 Å². The van der Waals surface area contributed by atoms with Gasteiger partial charge in [-0.05, 0) is 12.1 Å². The van der Waals surface area contributed by atoms with E-state index in [1.807, 2.05) is 0 Å². The highest BCUT2D eigenvalue weighted by atomic mass is 35.5. The topological polar surface area (TPSA) is 71.0 Å². The van der Waals surface area contributed by atoms with Gasteiger partial charge in [0, 0.05) is 24.2 Å². The SMILES string of the molecule is OCCOCCNCC(O)COc1cc(Cl)ccc1Cl. The fourth-order valence-electron chi connectivity index (χ4n) is 1.41. The standard InChI is InChI=1S/C13H19Cl2NO4/c14-10-1-2-12(15)13(7-10)20-9-11(18)8-16-3-5-19-6-4-17/h1-2,7,11,16-18H,3-6,8-9H2. The van der Waals surface area contributed by atoms with Crippen molar-refractivity contribution in [2.24, 2.45) is 0 Å². The molecule has 0 saturated carbocycles. The molecule has 114 valence electrons. The molecule has 1 unspecified atom stereocenters. The molecule has 0 aromatic heterocycles. The van der Waals surface area contributed by atoms with Crippen LogP contribution in [0, 0.1) is 0 Å². The van der Waals surface area contributed by atoms with Crippen LogP contribution in [0.2, 0.25) is 10.0 Å². The van der Waals surface area contributed by atoms with Gasteiger partial charge in [0.1, 0.15) is 18.5 Å². The van der Waals surface area contributed by atoms with Crippen LogP contribution in [-0.2, 0) is 4.74 Å². The summed E-state index contributed by atoms with van der Waals surface area (Å²) in [6.07, 6.45) is -0.664. The van der Waals surface area contributed by atoms with Crippen LogP contribution in [0.5, 0.6) is 5.75 Å². The average molecular weight is 324 g/mol. The third-order valence-electron chi connectivity index (χ3n) is 2.36. The highest BCUT2D eigenvalue weighted by molar-refractivity contribution is 6.34. The van der Waals surface area contributed by atoms with Crippen molar-refractivity contribution in [3.63, 3.8) is 0 Å². The van der Waals surface area contributed by atoms with Gasteiger partial charge in [0.05, 0.1) is 24.8 Å². The molecule has 0 heterocycles. The van der Waals surface area contributed by atoms with Crippen molar-refractivity contribution in [2.45, 2.75) is 6.10 Å². The van der Waals surface area contributed by atoms with Crippen LogP contribution in [0.4, 0.5) is 0 Å². The Kier molecular flexibility index (Phi) is 8.93. The van der Waals surface area contributed by atoms with Gasteiger partial charge >= 0.3 is 0 Å². The van der Waals surface area contributed by atoms with Crippen molar-refractivity contribution >= 4 is 23.2 Å². The second kappa shape index (κ2) is 10.2. The van der Waals surface area contributed by atoms with Crippen LogP contribution in [0.15, 0.2) is 18.2 Å². The molecule has 3 N–H and O–H groups in total. The molecule has 0 bridgehead atoms. The molecule has 0 saturated heterocycles. The number of halogens is 2. The number of aliphatic hydroxyl groups is 2. The number of rotatable bonds is 10. The van der Waals surface area contributed by atoms with Crippen molar-refractivity contribution in [1.29, 1.82) is 0 Å². The minimum absolute atomic E-state index is 0.0108. The summed E-state index contributed by atoms with van der Waals surface area (Å²) in [6.45, 7) is 1.89. The first-order chi connectivity index (χ1) is 9.63. The maximum Gasteiger partial charge on any atom is 0.139 e. The fourth-order valence-corrected chi connectivity index (χ4v) is 1.75. The van der Waals surface area contributed by atoms with Crippen LogP contribution in [0.3, 0.4) is 0 Å². The summed E-state index contributed by atoms with van der Waals surface area (Å²) in [5.74, 6) is 0.449. The molecule has 0 aliphatic carbocycles. The van der Waals surface area contributed by atoms with Crippen molar-refractivity contribution in [2.75, 3.05) is 39.5 Å².